The maximum absolute atomic E-state index is 13.0. The van der Waals surface area contributed by atoms with E-state index in [1.807, 2.05) is 48.5 Å². The van der Waals surface area contributed by atoms with Gasteiger partial charge in [0, 0.05) is 5.56 Å². The molecule has 0 fully saturated rings. The third-order valence-electron chi connectivity index (χ3n) is 5.08. The third-order valence-corrected chi connectivity index (χ3v) is 5.08. The molecule has 3 aromatic carbocycles. The van der Waals surface area contributed by atoms with Crippen LogP contribution < -0.4 is 4.57 Å². The number of aryl methyl sites for hydroxylation is 2. The van der Waals surface area contributed by atoms with E-state index in [0.717, 1.165) is 39.1 Å². The van der Waals surface area contributed by atoms with Crippen molar-refractivity contribution in [1.29, 1.82) is 0 Å². The van der Waals surface area contributed by atoms with E-state index in [2.05, 4.69) is 32.0 Å². The summed E-state index contributed by atoms with van der Waals surface area (Å²) in [5, 5.41) is 1.00. The predicted molar refractivity (Wildman–Crippen MR) is 143 cm³/mol. The van der Waals surface area contributed by atoms with Crippen molar-refractivity contribution in [3.63, 3.8) is 0 Å². The maximum atomic E-state index is 13.0. The molecule has 10 heteroatoms. The number of benzene rings is 3. The summed E-state index contributed by atoms with van der Waals surface area (Å²) < 4.78 is 1.75. The fourth-order valence-electron chi connectivity index (χ4n) is 3.78. The van der Waals surface area contributed by atoms with E-state index in [4.69, 9.17) is 58.0 Å². The number of carbonyl (C=O) groups excluding carboxylic acids is 1. The number of rotatable bonds is 1. The van der Waals surface area contributed by atoms with Crippen LogP contribution >= 0.6 is 53.0 Å². The van der Waals surface area contributed by atoms with Crippen LogP contribution in [0.5, 0.6) is 0 Å². The van der Waals surface area contributed by atoms with Gasteiger partial charge in [0.25, 0.3) is 0 Å². The van der Waals surface area contributed by atoms with E-state index in [9.17, 15) is 4.79 Å². The van der Waals surface area contributed by atoms with Gasteiger partial charge in [0.05, 0.1) is 16.5 Å². The van der Waals surface area contributed by atoms with Gasteiger partial charge < -0.3 is 0 Å². The number of fused-ring (bicyclic) bond motifs is 5. The molecule has 1 aliphatic heterocycles. The number of aromatic nitrogens is 2. The Kier molecular flexibility index (Phi) is 6.24. The summed E-state index contributed by atoms with van der Waals surface area (Å²) in [4.78, 5) is 18.0. The van der Waals surface area contributed by atoms with Crippen molar-refractivity contribution in [1.82, 2.24) is 4.98 Å². The molecule has 0 N–H and O–H groups in total. The van der Waals surface area contributed by atoms with Crippen LogP contribution in [0.15, 0.2) is 66.7 Å². The van der Waals surface area contributed by atoms with Crippen molar-refractivity contribution >= 4 is 78.9 Å². The molecule has 172 valence electrons. The Bertz CT molecular complexity index is 1440. The minimum atomic E-state index is -5.42. The zero-order chi connectivity index (χ0) is 24.2. The quantitative estimate of drug-likeness (QED) is 0.133. The summed E-state index contributed by atoms with van der Waals surface area (Å²) in [6, 6.07) is 22.2. The van der Waals surface area contributed by atoms with Crippen LogP contribution in [0.3, 0.4) is 0 Å². The molecule has 0 atom stereocenters. The van der Waals surface area contributed by atoms with E-state index in [-0.39, 0.29) is 5.91 Å². The standard InChI is InChI=1S/C23H17N2O.6ClH.Sb/c1-14-11-12-20-19(13-14)21(16-8-4-3-7-15(16)2)24-22-17-9-5-6-10-18(17)23(26)25(20)22;;;;;;;/h3-13H,1-2H3;6*1H;/q+1;;;;;;;+5/p-6. The number of hydrogen-bond acceptors (Lipinski definition) is 2. The molecular weight excluding hydrogens is 655 g/mol. The van der Waals surface area contributed by atoms with Gasteiger partial charge >= 0.3 is 73.8 Å². The van der Waals surface area contributed by atoms with Gasteiger partial charge in [-0.2, -0.15) is 4.57 Å². The summed E-state index contributed by atoms with van der Waals surface area (Å²) in [7, 11) is 25.0. The van der Waals surface area contributed by atoms with Crippen LogP contribution in [-0.2, 0) is 0 Å². The van der Waals surface area contributed by atoms with Crippen molar-refractivity contribution in [2.24, 2.45) is 0 Å². The molecule has 0 saturated heterocycles. The Labute approximate surface area is 211 Å². The van der Waals surface area contributed by atoms with Crippen molar-refractivity contribution < 1.29 is 9.36 Å². The average Bonchev–Trinajstić information content (AvgIpc) is 2.98. The first kappa shape index (κ1) is 25.3. The van der Waals surface area contributed by atoms with Gasteiger partial charge in [-0.1, -0.05) is 48.0 Å². The van der Waals surface area contributed by atoms with Crippen molar-refractivity contribution in [2.45, 2.75) is 13.8 Å². The van der Waals surface area contributed by atoms with E-state index in [1.54, 1.807) is 4.57 Å². The molecule has 5 rings (SSSR count). The molecule has 1 aliphatic rings. The summed E-state index contributed by atoms with van der Waals surface area (Å²) in [5.41, 5.74) is 6.86. The average molecular weight is 672 g/mol. The first-order valence-corrected chi connectivity index (χ1v) is 29.1. The molecule has 0 amide bonds. The Hall–Kier alpha value is -0.772. The van der Waals surface area contributed by atoms with Crippen LogP contribution in [-0.4, -0.2) is 20.0 Å². The first-order chi connectivity index (χ1) is 15.1. The molecule has 2 heterocycles. The molecule has 0 aliphatic carbocycles. The monoisotopic (exact) mass is 668 g/mol. The second-order valence-corrected chi connectivity index (χ2v) is 64.7. The molecule has 1 aromatic heterocycles. The zero-order valence-corrected chi connectivity index (χ0v) is 24.5. The normalized spacial score (nSPS) is 14.6. The topological polar surface area (TPSA) is 33.8 Å². The van der Waals surface area contributed by atoms with Gasteiger partial charge in [-0.15, -0.1) is 0 Å². The molecule has 0 unspecified atom stereocenters. The molecule has 3 nitrogen and oxygen atoms in total. The fourth-order valence-corrected chi connectivity index (χ4v) is 3.78. The molecule has 4 aromatic rings. The van der Waals surface area contributed by atoms with Crippen molar-refractivity contribution in [2.75, 3.05) is 0 Å². The zero-order valence-electron chi connectivity index (χ0n) is 17.4. The first-order valence-electron chi connectivity index (χ1n) is 9.73. The second-order valence-electron chi connectivity index (χ2n) is 7.76. The van der Waals surface area contributed by atoms with Gasteiger partial charge in [0.2, 0.25) is 0 Å². The summed E-state index contributed by atoms with van der Waals surface area (Å²) in [6.07, 6.45) is 0. The van der Waals surface area contributed by atoms with Gasteiger partial charge in [-0.3, -0.25) is 0 Å². The van der Waals surface area contributed by atoms with Crippen LogP contribution in [0.2, 0.25) is 0 Å². The minimum absolute atomic E-state index is 0.00622. The van der Waals surface area contributed by atoms with Gasteiger partial charge in [0.15, 0.2) is 5.69 Å². The van der Waals surface area contributed by atoms with E-state index in [1.165, 1.54) is 5.56 Å². The van der Waals surface area contributed by atoms with Gasteiger partial charge in [-0.05, 0) is 48.7 Å². The Morgan fingerprint density at radius 1 is 0.758 bits per heavy atom. The van der Waals surface area contributed by atoms with E-state index < -0.39 is 9.14 Å². The molecule has 0 saturated carbocycles. The van der Waals surface area contributed by atoms with Gasteiger partial charge in [-0.25, -0.2) is 4.79 Å². The Balaban J connectivity index is 0.000000325. The van der Waals surface area contributed by atoms with E-state index in [0.29, 0.717) is 5.56 Å². The van der Waals surface area contributed by atoms with Gasteiger partial charge in [0.1, 0.15) is 5.52 Å². The second kappa shape index (κ2) is 8.13. The molecule has 0 radical (unpaired) electrons. The van der Waals surface area contributed by atoms with Crippen molar-refractivity contribution in [3.05, 3.63) is 83.4 Å². The van der Waals surface area contributed by atoms with Crippen LogP contribution in [0.4, 0.5) is 0 Å². The summed E-state index contributed by atoms with van der Waals surface area (Å²) in [5.74, 6) is 0.716. The molecule has 0 bridgehead atoms. The molecular formula is C23H17Cl6N2OSb. The SMILES string of the molecule is Cc1ccc2c(c1)c(-c1ccccc1C)nc1[n+]2C(=O)c2ccccc2-1.[Cl][Sb-]([Cl])([Cl])([Cl])([Cl])[Cl]. The Morgan fingerprint density at radius 3 is 1.91 bits per heavy atom. The number of halogens is 6. The number of carbonyl (C=O) groups is 1. The third kappa shape index (κ3) is 6.08. The van der Waals surface area contributed by atoms with Crippen molar-refractivity contribution in [3.8, 4) is 22.6 Å². The van der Waals surface area contributed by atoms with E-state index >= 15 is 0 Å². The summed E-state index contributed by atoms with van der Waals surface area (Å²) in [6.45, 7) is 4.16. The fraction of sp³-hybridized carbons (Fsp3) is 0.0870. The van der Waals surface area contributed by atoms with Crippen LogP contribution in [0.1, 0.15) is 21.5 Å². The van der Waals surface area contributed by atoms with Crippen LogP contribution in [0.25, 0.3) is 33.5 Å². The number of hydrogen-bond donors (Lipinski definition) is 0. The molecule has 33 heavy (non-hydrogen) atoms. The number of nitrogens with zero attached hydrogens (tertiary/aromatic N) is 2. The molecule has 0 spiro atoms. The van der Waals surface area contributed by atoms with Crippen LogP contribution in [0, 0.1) is 13.8 Å². The predicted octanol–water partition coefficient (Wildman–Crippen LogP) is 8.23. The Morgan fingerprint density at radius 2 is 1.30 bits per heavy atom. The summed E-state index contributed by atoms with van der Waals surface area (Å²) >= 11 is 0.